The van der Waals surface area contributed by atoms with E-state index in [0.29, 0.717) is 57.7 Å². The highest BCUT2D eigenvalue weighted by molar-refractivity contribution is 6.29. The molecule has 2 aromatic carbocycles. The fourth-order valence-corrected chi connectivity index (χ4v) is 6.00. The molecule has 6 heterocycles. The van der Waals surface area contributed by atoms with Crippen LogP contribution in [-0.4, -0.2) is 60.2 Å². The molecule has 0 fully saturated rings. The van der Waals surface area contributed by atoms with E-state index in [2.05, 4.69) is 121 Å². The number of alkyl halides is 1. The molecule has 0 aliphatic rings. The number of hydrogen-bond donors (Lipinski definition) is 1. The van der Waals surface area contributed by atoms with E-state index in [1.165, 1.54) is 11.1 Å². The predicted octanol–water partition coefficient (Wildman–Crippen LogP) is 10.3. The van der Waals surface area contributed by atoms with Crippen LogP contribution in [0.25, 0.3) is 46.2 Å². The minimum atomic E-state index is 0.0915. The largest absolute Gasteiger partial charge is 0.330 e. The highest BCUT2D eigenvalue weighted by atomic mass is 35.5. The fourth-order valence-electron chi connectivity index (χ4n) is 5.44. The van der Waals surface area contributed by atoms with Gasteiger partial charge in [-0.05, 0) is 71.2 Å². The van der Waals surface area contributed by atoms with Crippen LogP contribution in [0.1, 0.15) is 75.4 Å². The molecule has 0 unspecified atom stereocenters. The van der Waals surface area contributed by atoms with Crippen LogP contribution in [0.2, 0.25) is 10.3 Å². The molecule has 1 N–H and O–H groups in total. The molecule has 0 spiro atoms. The molecule has 6 aromatic heterocycles. The van der Waals surface area contributed by atoms with Gasteiger partial charge in [-0.2, -0.15) is 9.97 Å². The van der Waals surface area contributed by atoms with Gasteiger partial charge in [0.15, 0.2) is 0 Å². The summed E-state index contributed by atoms with van der Waals surface area (Å²) < 4.78 is 12.4. The van der Waals surface area contributed by atoms with E-state index in [-0.39, 0.29) is 16.7 Å². The Kier molecular flexibility index (Phi) is 13.3. The Bertz CT molecular complexity index is 2600. The van der Waals surface area contributed by atoms with Crippen molar-refractivity contribution in [1.82, 2.24) is 60.2 Å². The molecule has 17 heteroatoms. The molecule has 0 aliphatic carbocycles. The van der Waals surface area contributed by atoms with Gasteiger partial charge in [-0.1, -0.05) is 124 Å². The number of hydrogen-bond acceptors (Lipinski definition) is 12. The van der Waals surface area contributed by atoms with Gasteiger partial charge in [-0.25, -0.2) is 24.6 Å². The Labute approximate surface area is 356 Å². The SMILES string of the molecule is Cc1nc(-c2nc(-c3ccc(C(C)(C)C)cc3)no2)n[nH]1.Cc1nc(-c2nc(-c3ccc(C(C)(C)C)cc3)no2)nn1Cc1ccnc(Cl)c1.ClCc1ccnc(Cl)c1. The molecule has 0 bridgehead atoms. The maximum Gasteiger partial charge on any atom is 0.297 e. The molecule has 0 saturated heterocycles. The average molecular weight is 854 g/mol. The smallest absolute Gasteiger partial charge is 0.297 e. The van der Waals surface area contributed by atoms with Gasteiger partial charge in [-0.15, -0.1) is 21.8 Å². The number of nitrogens with one attached hydrogen (secondary N) is 1. The molecule has 0 radical (unpaired) electrons. The molecule has 0 saturated carbocycles. The first-order chi connectivity index (χ1) is 28.0. The maximum absolute atomic E-state index is 5.96. The topological polar surface area (TPSA) is 176 Å². The Morgan fingerprint density at radius 1 is 0.610 bits per heavy atom. The molecule has 0 amide bonds. The lowest BCUT2D eigenvalue weighted by Crippen LogP contribution is -2.10. The van der Waals surface area contributed by atoms with Gasteiger partial charge in [0.1, 0.15) is 22.0 Å². The number of aromatic nitrogens is 12. The van der Waals surface area contributed by atoms with E-state index in [1.54, 1.807) is 29.2 Å². The fraction of sp³-hybridized carbons (Fsp3) is 0.286. The summed E-state index contributed by atoms with van der Waals surface area (Å²) in [6, 6.07) is 23.6. The molecule has 8 rings (SSSR count). The van der Waals surface area contributed by atoms with Crippen LogP contribution in [0.5, 0.6) is 0 Å². The quantitative estimate of drug-likeness (QED) is 0.119. The van der Waals surface area contributed by atoms with Crippen molar-refractivity contribution in [2.75, 3.05) is 0 Å². The summed E-state index contributed by atoms with van der Waals surface area (Å²) in [5, 5.41) is 20.3. The average Bonchev–Trinajstić information content (AvgIpc) is 4.03. The van der Waals surface area contributed by atoms with Crippen molar-refractivity contribution in [2.45, 2.75) is 78.6 Å². The van der Waals surface area contributed by atoms with Gasteiger partial charge in [0.25, 0.3) is 11.8 Å². The monoisotopic (exact) mass is 852 g/mol. The van der Waals surface area contributed by atoms with E-state index in [1.807, 2.05) is 50.2 Å². The number of benzene rings is 2. The third-order valence-electron chi connectivity index (χ3n) is 8.78. The van der Waals surface area contributed by atoms with Crippen molar-refractivity contribution in [3.05, 3.63) is 129 Å². The molecule has 8 aromatic rings. The minimum Gasteiger partial charge on any atom is -0.330 e. The zero-order valence-electron chi connectivity index (χ0n) is 33.9. The van der Waals surface area contributed by atoms with Crippen LogP contribution in [0.3, 0.4) is 0 Å². The number of nitrogens with zero attached hydrogens (tertiary/aromatic N) is 11. The summed E-state index contributed by atoms with van der Waals surface area (Å²) >= 11 is 17.0. The second-order valence-corrected chi connectivity index (χ2v) is 16.5. The third kappa shape index (κ3) is 11.4. The van der Waals surface area contributed by atoms with Crippen LogP contribution in [-0.2, 0) is 23.3 Å². The van der Waals surface area contributed by atoms with Crippen molar-refractivity contribution in [2.24, 2.45) is 0 Å². The molecule has 0 atom stereocenters. The van der Waals surface area contributed by atoms with Crippen molar-refractivity contribution < 1.29 is 9.05 Å². The van der Waals surface area contributed by atoms with Gasteiger partial charge in [0.2, 0.25) is 23.3 Å². The van der Waals surface area contributed by atoms with Crippen LogP contribution >= 0.6 is 34.8 Å². The highest BCUT2D eigenvalue weighted by Crippen LogP contribution is 2.28. The van der Waals surface area contributed by atoms with E-state index < -0.39 is 0 Å². The zero-order chi connectivity index (χ0) is 42.3. The lowest BCUT2D eigenvalue weighted by Gasteiger charge is -2.18. The summed E-state index contributed by atoms with van der Waals surface area (Å²) in [6.07, 6.45) is 3.31. The first kappa shape index (κ1) is 42.8. The van der Waals surface area contributed by atoms with Crippen molar-refractivity contribution >= 4 is 34.8 Å². The maximum atomic E-state index is 5.96. The predicted molar refractivity (Wildman–Crippen MR) is 228 cm³/mol. The van der Waals surface area contributed by atoms with E-state index in [0.717, 1.165) is 28.1 Å². The van der Waals surface area contributed by atoms with Gasteiger partial charge in [-0.3, -0.25) is 5.10 Å². The van der Waals surface area contributed by atoms with Gasteiger partial charge in [0, 0.05) is 29.4 Å². The number of aryl methyl sites for hydroxylation is 2. The summed E-state index contributed by atoms with van der Waals surface area (Å²) in [6.45, 7) is 17.3. The first-order valence-corrected chi connectivity index (χ1v) is 19.8. The Balaban J connectivity index is 0.000000169. The number of rotatable bonds is 7. The molecular formula is C42H43Cl3N12O2. The Hall–Kier alpha value is -5.83. The summed E-state index contributed by atoms with van der Waals surface area (Å²) in [4.78, 5) is 25.2. The van der Waals surface area contributed by atoms with E-state index in [4.69, 9.17) is 43.8 Å². The lowest BCUT2D eigenvalue weighted by molar-refractivity contribution is 0.429. The first-order valence-electron chi connectivity index (χ1n) is 18.5. The summed E-state index contributed by atoms with van der Waals surface area (Å²) in [5.41, 5.74) is 6.50. The van der Waals surface area contributed by atoms with Gasteiger partial charge < -0.3 is 9.05 Å². The number of pyridine rings is 2. The molecule has 0 aliphatic heterocycles. The highest BCUT2D eigenvalue weighted by Gasteiger charge is 2.19. The Morgan fingerprint density at radius 3 is 1.54 bits per heavy atom. The summed E-state index contributed by atoms with van der Waals surface area (Å²) in [7, 11) is 0. The van der Waals surface area contributed by atoms with Crippen molar-refractivity contribution in [3.8, 4) is 46.2 Å². The van der Waals surface area contributed by atoms with Crippen LogP contribution in [0, 0.1) is 13.8 Å². The molecule has 304 valence electrons. The van der Waals surface area contributed by atoms with Gasteiger partial charge in [0.05, 0.1) is 6.54 Å². The number of H-pyrrole nitrogens is 1. The molecule has 14 nitrogen and oxygen atoms in total. The number of aromatic amines is 1. The van der Waals surface area contributed by atoms with Crippen molar-refractivity contribution in [3.63, 3.8) is 0 Å². The van der Waals surface area contributed by atoms with Crippen molar-refractivity contribution in [1.29, 1.82) is 0 Å². The number of halogens is 3. The van der Waals surface area contributed by atoms with Crippen LogP contribution in [0.4, 0.5) is 0 Å². The van der Waals surface area contributed by atoms with Crippen LogP contribution < -0.4 is 0 Å². The molecular weight excluding hydrogens is 811 g/mol. The normalized spacial score (nSPS) is 11.4. The van der Waals surface area contributed by atoms with E-state index in [9.17, 15) is 0 Å². The van der Waals surface area contributed by atoms with E-state index >= 15 is 0 Å². The second kappa shape index (κ2) is 18.4. The lowest BCUT2D eigenvalue weighted by atomic mass is 9.87. The zero-order valence-corrected chi connectivity index (χ0v) is 36.1. The standard InChI is InChI=1S/C21H21ClN6O.C15H17N5O.C6H5Cl2N/c1-13-24-19(26-28(13)12-14-9-10-23-17(22)11-14)20-25-18(27-29-20)15-5-7-16(8-6-15)21(2,3)4;1-9-16-13(19-18-9)14-17-12(20-21-14)10-5-7-11(8-6-10)15(2,3)4;7-4-5-1-2-9-6(8)3-5/h5-11H,12H2,1-4H3;5-8H,1-4H3,(H,16,18,19);1-3H,4H2. The molecule has 59 heavy (non-hydrogen) atoms. The van der Waals surface area contributed by atoms with Gasteiger partial charge >= 0.3 is 0 Å². The summed E-state index contributed by atoms with van der Waals surface area (Å²) in [5.74, 6) is 4.39. The third-order valence-corrected chi connectivity index (χ3v) is 9.50. The second-order valence-electron chi connectivity index (χ2n) is 15.5. The Morgan fingerprint density at radius 2 is 1.10 bits per heavy atom. The minimum absolute atomic E-state index is 0.0915. The van der Waals surface area contributed by atoms with Crippen LogP contribution in [0.15, 0.2) is 94.2 Å².